The smallest absolute Gasteiger partial charge is 0.408 e. The van der Waals surface area contributed by atoms with E-state index in [1.54, 1.807) is 37.8 Å². The van der Waals surface area contributed by atoms with E-state index in [9.17, 15) is 19.5 Å². The topological polar surface area (TPSA) is 108 Å². The molecule has 1 saturated carbocycles. The molecule has 0 heterocycles. The van der Waals surface area contributed by atoms with Crippen LogP contribution < -0.4 is 10.6 Å². The number of unbranched alkanes of at least 4 members (excludes halogenated alkanes) is 1. The number of alkyl carbamates (subject to hydrolysis) is 1. The van der Waals surface area contributed by atoms with Gasteiger partial charge in [-0.1, -0.05) is 39.3 Å². The number of hydrogen-bond donors (Lipinski definition) is 3. The minimum Gasteiger partial charge on any atom is -0.508 e. The van der Waals surface area contributed by atoms with Crippen LogP contribution in [0.25, 0.3) is 0 Å². The molecule has 0 bridgehead atoms. The zero-order valence-electron chi connectivity index (χ0n) is 20.7. The first-order chi connectivity index (χ1) is 15.4. The maximum atomic E-state index is 13.8. The lowest BCUT2D eigenvalue weighted by atomic mass is 9.98. The van der Waals surface area contributed by atoms with E-state index in [-0.39, 0.29) is 29.5 Å². The molecule has 1 aromatic carbocycles. The Labute approximate surface area is 197 Å². The number of carbonyl (C=O) groups is 3. The quantitative estimate of drug-likeness (QED) is 0.458. The van der Waals surface area contributed by atoms with Gasteiger partial charge in [-0.15, -0.1) is 0 Å². The maximum Gasteiger partial charge on any atom is 0.408 e. The second-order valence-corrected chi connectivity index (χ2v) is 9.98. The van der Waals surface area contributed by atoms with Crippen molar-refractivity contribution in [1.29, 1.82) is 0 Å². The Hall–Kier alpha value is -2.77. The summed E-state index contributed by atoms with van der Waals surface area (Å²) in [7, 11) is 0. The highest BCUT2D eigenvalue weighted by Crippen LogP contribution is 2.36. The van der Waals surface area contributed by atoms with Crippen molar-refractivity contribution in [3.05, 3.63) is 29.8 Å². The van der Waals surface area contributed by atoms with Gasteiger partial charge in [0.05, 0.1) is 0 Å². The Morgan fingerprint density at radius 3 is 2.24 bits per heavy atom. The summed E-state index contributed by atoms with van der Waals surface area (Å²) in [5.41, 5.74) is -0.0831. The monoisotopic (exact) mass is 461 g/mol. The van der Waals surface area contributed by atoms with Gasteiger partial charge in [0, 0.05) is 12.6 Å². The molecule has 8 heteroatoms. The molecule has 0 spiro atoms. The molecule has 3 N–H and O–H groups in total. The second kappa shape index (κ2) is 11.4. The van der Waals surface area contributed by atoms with E-state index < -0.39 is 23.8 Å². The Morgan fingerprint density at radius 2 is 1.76 bits per heavy atom. The molecule has 3 amide bonds. The summed E-state index contributed by atoms with van der Waals surface area (Å²) < 4.78 is 5.37. The minimum atomic E-state index is -0.857. The summed E-state index contributed by atoms with van der Waals surface area (Å²) in [5.74, 6) is -0.717. The van der Waals surface area contributed by atoms with Crippen molar-refractivity contribution in [2.24, 2.45) is 5.92 Å². The number of benzene rings is 1. The third kappa shape index (κ3) is 7.94. The van der Waals surface area contributed by atoms with E-state index in [2.05, 4.69) is 10.6 Å². The predicted molar refractivity (Wildman–Crippen MR) is 127 cm³/mol. The molecule has 0 radical (unpaired) electrons. The SMILES string of the molecule is CCCCNC(=O)C(c1ccc(O)cc1)N(C(=O)C(NC(=O)OC(C)(C)C)C(C)C)C1CC1. The van der Waals surface area contributed by atoms with E-state index in [1.165, 1.54) is 12.1 Å². The van der Waals surface area contributed by atoms with Crippen LogP contribution in [0.15, 0.2) is 24.3 Å². The fourth-order valence-electron chi connectivity index (χ4n) is 3.56. The van der Waals surface area contributed by atoms with Crippen molar-refractivity contribution in [1.82, 2.24) is 15.5 Å². The number of rotatable bonds is 10. The molecule has 1 fully saturated rings. The van der Waals surface area contributed by atoms with Gasteiger partial charge >= 0.3 is 6.09 Å². The van der Waals surface area contributed by atoms with Crippen LogP contribution in [0.2, 0.25) is 0 Å². The fourth-order valence-corrected chi connectivity index (χ4v) is 3.56. The van der Waals surface area contributed by atoms with Crippen molar-refractivity contribution in [3.63, 3.8) is 0 Å². The molecule has 0 saturated heterocycles. The highest BCUT2D eigenvalue weighted by atomic mass is 16.6. The number of phenols is 1. The van der Waals surface area contributed by atoms with Crippen molar-refractivity contribution in [3.8, 4) is 5.75 Å². The summed E-state index contributed by atoms with van der Waals surface area (Å²) in [6.45, 7) is 11.5. The van der Waals surface area contributed by atoms with E-state index in [1.807, 2.05) is 20.8 Å². The minimum absolute atomic E-state index is 0.0832. The normalized spacial score (nSPS) is 15.5. The van der Waals surface area contributed by atoms with Crippen LogP contribution in [0.1, 0.15) is 78.8 Å². The molecule has 184 valence electrons. The Morgan fingerprint density at radius 1 is 1.15 bits per heavy atom. The third-order valence-corrected chi connectivity index (χ3v) is 5.36. The molecular weight excluding hydrogens is 422 g/mol. The first-order valence-electron chi connectivity index (χ1n) is 11.8. The van der Waals surface area contributed by atoms with Crippen LogP contribution in [-0.2, 0) is 14.3 Å². The fraction of sp³-hybridized carbons (Fsp3) is 0.640. The van der Waals surface area contributed by atoms with E-state index >= 15 is 0 Å². The number of carbonyl (C=O) groups excluding carboxylic acids is 3. The second-order valence-electron chi connectivity index (χ2n) is 9.98. The standard InChI is InChI=1S/C25H39N3O5/c1-7-8-15-26-22(30)21(17-9-13-19(29)14-10-17)28(18-11-12-18)23(31)20(16(2)3)27-24(32)33-25(4,5)6/h9-10,13-14,16,18,20-21,29H,7-8,11-12,15H2,1-6H3,(H,26,30)(H,27,32). The molecule has 2 unspecified atom stereocenters. The number of ether oxygens (including phenoxy) is 1. The van der Waals surface area contributed by atoms with Gasteiger partial charge in [-0.25, -0.2) is 4.79 Å². The van der Waals surface area contributed by atoms with Gasteiger partial charge in [0.1, 0.15) is 23.4 Å². The van der Waals surface area contributed by atoms with E-state index in [0.29, 0.717) is 12.1 Å². The molecule has 2 atom stereocenters. The van der Waals surface area contributed by atoms with Crippen LogP contribution in [0, 0.1) is 5.92 Å². The number of nitrogens with one attached hydrogen (secondary N) is 2. The van der Waals surface area contributed by atoms with E-state index in [4.69, 9.17) is 4.74 Å². The van der Waals surface area contributed by atoms with Gasteiger partial charge in [-0.3, -0.25) is 9.59 Å². The van der Waals surface area contributed by atoms with Crippen molar-refractivity contribution < 1.29 is 24.2 Å². The van der Waals surface area contributed by atoms with Gasteiger partial charge in [0.2, 0.25) is 11.8 Å². The summed E-state index contributed by atoms with van der Waals surface area (Å²) in [4.78, 5) is 41.2. The average Bonchev–Trinajstić information content (AvgIpc) is 3.54. The van der Waals surface area contributed by atoms with Crippen LogP contribution >= 0.6 is 0 Å². The molecule has 0 aromatic heterocycles. The Kier molecular flexibility index (Phi) is 9.14. The molecule has 2 rings (SSSR count). The number of hydrogen-bond acceptors (Lipinski definition) is 5. The molecule has 1 aliphatic carbocycles. The number of nitrogens with zero attached hydrogens (tertiary/aromatic N) is 1. The number of aromatic hydroxyl groups is 1. The molecule has 8 nitrogen and oxygen atoms in total. The molecule has 1 aliphatic rings. The van der Waals surface area contributed by atoms with E-state index in [0.717, 1.165) is 25.7 Å². The lowest BCUT2D eigenvalue weighted by Crippen LogP contribution is -2.55. The summed E-state index contributed by atoms with van der Waals surface area (Å²) in [5, 5.41) is 15.4. The Bertz CT molecular complexity index is 812. The zero-order chi connectivity index (χ0) is 24.8. The third-order valence-electron chi connectivity index (χ3n) is 5.36. The van der Waals surface area contributed by atoms with Crippen molar-refractivity contribution in [2.45, 2.75) is 91.0 Å². The summed E-state index contributed by atoms with van der Waals surface area (Å²) in [6.07, 6.45) is 2.68. The van der Waals surface area contributed by atoms with Crippen molar-refractivity contribution in [2.75, 3.05) is 6.54 Å². The first-order valence-corrected chi connectivity index (χ1v) is 11.8. The lowest BCUT2D eigenvalue weighted by Gasteiger charge is -2.35. The van der Waals surface area contributed by atoms with Crippen molar-refractivity contribution >= 4 is 17.9 Å². The largest absolute Gasteiger partial charge is 0.508 e. The highest BCUT2D eigenvalue weighted by molar-refractivity contribution is 5.92. The van der Waals surface area contributed by atoms with Gasteiger partial charge in [0.15, 0.2) is 0 Å². The van der Waals surface area contributed by atoms with Gasteiger partial charge in [-0.2, -0.15) is 0 Å². The first kappa shape index (κ1) is 26.5. The molecule has 1 aromatic rings. The summed E-state index contributed by atoms with van der Waals surface area (Å²) in [6, 6.07) is 4.55. The Balaban J connectivity index is 2.37. The van der Waals surface area contributed by atoms with Crippen LogP contribution in [0.3, 0.4) is 0 Å². The molecular formula is C25H39N3O5. The molecule has 0 aliphatic heterocycles. The number of phenolic OH excluding ortho intramolecular Hbond substituents is 1. The zero-order valence-corrected chi connectivity index (χ0v) is 20.7. The van der Waals surface area contributed by atoms with Crippen LogP contribution in [0.5, 0.6) is 5.75 Å². The lowest BCUT2D eigenvalue weighted by molar-refractivity contribution is -0.144. The van der Waals surface area contributed by atoms with Crippen LogP contribution in [-0.4, -0.2) is 52.1 Å². The highest BCUT2D eigenvalue weighted by Gasteiger charge is 2.44. The predicted octanol–water partition coefficient (Wildman–Crippen LogP) is 3.89. The van der Waals surface area contributed by atoms with Gasteiger partial charge < -0.3 is 25.4 Å². The van der Waals surface area contributed by atoms with Gasteiger partial charge in [-0.05, 0) is 63.6 Å². The summed E-state index contributed by atoms with van der Waals surface area (Å²) >= 11 is 0. The maximum absolute atomic E-state index is 13.8. The molecule has 33 heavy (non-hydrogen) atoms. The van der Waals surface area contributed by atoms with Gasteiger partial charge in [0.25, 0.3) is 0 Å². The number of amides is 3. The average molecular weight is 462 g/mol. The van der Waals surface area contributed by atoms with Crippen LogP contribution in [0.4, 0.5) is 4.79 Å².